The van der Waals surface area contributed by atoms with Crippen LogP contribution in [-0.4, -0.2) is 40.5 Å². The normalized spacial score (nSPS) is 28.9. The van der Waals surface area contributed by atoms with Gasteiger partial charge in [-0.2, -0.15) is 0 Å². The van der Waals surface area contributed by atoms with Crippen LogP contribution in [0.2, 0.25) is 5.02 Å². The molecule has 3 heterocycles. The number of aromatic nitrogens is 1. The zero-order valence-electron chi connectivity index (χ0n) is 13.4. The molecule has 0 radical (unpaired) electrons. The lowest BCUT2D eigenvalue weighted by atomic mass is 9.72. The van der Waals surface area contributed by atoms with Gasteiger partial charge in [-0.05, 0) is 44.7 Å². The lowest BCUT2D eigenvalue weighted by Crippen LogP contribution is -2.45. The average molecular weight is 337 g/mol. The van der Waals surface area contributed by atoms with Crippen molar-refractivity contribution in [1.29, 1.82) is 0 Å². The van der Waals surface area contributed by atoms with Crippen molar-refractivity contribution in [1.82, 2.24) is 9.88 Å². The molecule has 2 saturated heterocycles. The highest BCUT2D eigenvalue weighted by atomic mass is 35.5. The summed E-state index contributed by atoms with van der Waals surface area (Å²) in [5, 5.41) is 0.500. The van der Waals surface area contributed by atoms with Crippen molar-refractivity contribution in [2.75, 3.05) is 6.61 Å². The van der Waals surface area contributed by atoms with Gasteiger partial charge in [0.15, 0.2) is 0 Å². The van der Waals surface area contributed by atoms with E-state index in [0.29, 0.717) is 30.2 Å². The summed E-state index contributed by atoms with van der Waals surface area (Å²) in [6, 6.07) is 3.30. The van der Waals surface area contributed by atoms with Gasteiger partial charge in [-0.25, -0.2) is 4.98 Å². The SMILES string of the molecule is CCOC(=O)[C@@]1(CC)C[C@H]2CC[C@@H]1N2C(=O)c1ccc(Cl)cn1. The molecule has 1 aromatic heterocycles. The van der Waals surface area contributed by atoms with E-state index in [0.717, 1.165) is 12.8 Å². The summed E-state index contributed by atoms with van der Waals surface area (Å²) in [5.41, 5.74) is -0.192. The third-order valence-electron chi connectivity index (χ3n) is 5.23. The second-order valence-corrected chi connectivity index (χ2v) is 6.69. The lowest BCUT2D eigenvalue weighted by molar-refractivity contribution is -0.157. The van der Waals surface area contributed by atoms with E-state index in [9.17, 15) is 9.59 Å². The minimum absolute atomic E-state index is 0.0920. The summed E-state index contributed by atoms with van der Waals surface area (Å²) < 4.78 is 5.31. The summed E-state index contributed by atoms with van der Waals surface area (Å²) >= 11 is 5.84. The highest BCUT2D eigenvalue weighted by molar-refractivity contribution is 6.30. The zero-order valence-corrected chi connectivity index (χ0v) is 14.2. The third-order valence-corrected chi connectivity index (χ3v) is 5.46. The largest absolute Gasteiger partial charge is 0.466 e. The summed E-state index contributed by atoms with van der Waals surface area (Å²) in [7, 11) is 0. The van der Waals surface area contributed by atoms with Crippen LogP contribution >= 0.6 is 11.6 Å². The minimum atomic E-state index is -0.568. The number of hydrogen-bond donors (Lipinski definition) is 0. The Morgan fingerprint density at radius 3 is 2.78 bits per heavy atom. The molecule has 2 aliphatic rings. The molecule has 0 saturated carbocycles. The van der Waals surface area contributed by atoms with Crippen LogP contribution in [0.3, 0.4) is 0 Å². The average Bonchev–Trinajstić information content (AvgIpc) is 3.11. The molecule has 2 fully saturated rings. The Bertz CT molecular complexity index is 619. The van der Waals surface area contributed by atoms with Gasteiger partial charge in [-0.3, -0.25) is 9.59 Å². The maximum Gasteiger partial charge on any atom is 0.314 e. The molecule has 1 amide bonds. The molecule has 0 aromatic carbocycles. The molecule has 3 rings (SSSR count). The Balaban J connectivity index is 1.89. The number of carbonyl (C=O) groups excluding carboxylic acids is 2. The highest BCUT2D eigenvalue weighted by Gasteiger charge is 2.61. The molecule has 0 unspecified atom stereocenters. The van der Waals surface area contributed by atoms with Crippen molar-refractivity contribution >= 4 is 23.5 Å². The topological polar surface area (TPSA) is 59.5 Å². The first-order valence-electron chi connectivity index (χ1n) is 8.15. The Kier molecular flexibility index (Phi) is 4.32. The van der Waals surface area contributed by atoms with Crippen LogP contribution in [0.25, 0.3) is 0 Å². The Hall–Kier alpha value is -1.62. The van der Waals surface area contributed by atoms with Crippen LogP contribution < -0.4 is 0 Å². The second-order valence-electron chi connectivity index (χ2n) is 6.26. The van der Waals surface area contributed by atoms with Crippen LogP contribution in [0, 0.1) is 5.41 Å². The predicted molar refractivity (Wildman–Crippen MR) is 86.2 cm³/mol. The predicted octanol–water partition coefficient (Wildman–Crippen LogP) is 3.07. The van der Waals surface area contributed by atoms with E-state index in [1.54, 1.807) is 12.1 Å². The summed E-state index contributed by atoms with van der Waals surface area (Å²) in [6.45, 7) is 4.18. The van der Waals surface area contributed by atoms with Crippen molar-refractivity contribution in [2.24, 2.45) is 5.41 Å². The van der Waals surface area contributed by atoms with Gasteiger partial charge in [0.2, 0.25) is 0 Å². The Morgan fingerprint density at radius 1 is 1.39 bits per heavy atom. The van der Waals surface area contributed by atoms with E-state index in [1.807, 2.05) is 18.7 Å². The summed E-state index contributed by atoms with van der Waals surface area (Å²) in [6.07, 6.45) is 4.63. The molecule has 2 bridgehead atoms. The molecule has 0 N–H and O–H groups in total. The molecule has 0 spiro atoms. The number of carbonyl (C=O) groups is 2. The first kappa shape index (κ1) is 16.2. The van der Waals surface area contributed by atoms with Gasteiger partial charge in [0.05, 0.1) is 17.0 Å². The standard InChI is InChI=1S/C17H21ClN2O3/c1-3-17(16(22)23-4-2)9-12-6-8-14(17)20(12)15(21)13-7-5-11(18)10-19-13/h5,7,10,12,14H,3-4,6,8-9H2,1-2H3/t12-,14+,17+/m1/s1. The molecule has 5 nitrogen and oxygen atoms in total. The number of pyridine rings is 1. The number of rotatable bonds is 4. The maximum atomic E-state index is 12.9. The fraction of sp³-hybridized carbons (Fsp3) is 0.588. The highest BCUT2D eigenvalue weighted by Crippen LogP contribution is 2.52. The molecular formula is C17H21ClN2O3. The van der Waals surface area contributed by atoms with Gasteiger partial charge >= 0.3 is 5.97 Å². The molecule has 0 aliphatic carbocycles. The minimum Gasteiger partial charge on any atom is -0.466 e. The van der Waals surface area contributed by atoms with E-state index in [2.05, 4.69) is 4.98 Å². The first-order chi connectivity index (χ1) is 11.0. The molecule has 3 atom stereocenters. The number of hydrogen-bond acceptors (Lipinski definition) is 4. The van der Waals surface area contributed by atoms with Crippen LogP contribution in [-0.2, 0) is 9.53 Å². The van der Waals surface area contributed by atoms with Crippen LogP contribution in [0.5, 0.6) is 0 Å². The van der Waals surface area contributed by atoms with E-state index in [-0.39, 0.29) is 24.0 Å². The van der Waals surface area contributed by atoms with Gasteiger partial charge in [0.1, 0.15) is 5.69 Å². The number of nitrogens with zero attached hydrogens (tertiary/aromatic N) is 2. The summed E-state index contributed by atoms with van der Waals surface area (Å²) in [5.74, 6) is -0.287. The van der Waals surface area contributed by atoms with Crippen LogP contribution in [0.1, 0.15) is 50.0 Å². The fourth-order valence-corrected chi connectivity index (χ4v) is 4.25. The molecule has 1 aromatic rings. The first-order valence-corrected chi connectivity index (χ1v) is 8.52. The van der Waals surface area contributed by atoms with Gasteiger partial charge in [0, 0.05) is 18.3 Å². The van der Waals surface area contributed by atoms with Crippen molar-refractivity contribution in [3.63, 3.8) is 0 Å². The smallest absolute Gasteiger partial charge is 0.314 e. The quantitative estimate of drug-likeness (QED) is 0.793. The van der Waals surface area contributed by atoms with E-state index in [1.165, 1.54) is 6.20 Å². The van der Waals surface area contributed by atoms with Gasteiger partial charge in [0.25, 0.3) is 5.91 Å². The Labute approximate surface area is 141 Å². The van der Waals surface area contributed by atoms with Crippen molar-refractivity contribution in [3.8, 4) is 0 Å². The van der Waals surface area contributed by atoms with E-state index >= 15 is 0 Å². The van der Waals surface area contributed by atoms with Gasteiger partial charge < -0.3 is 9.64 Å². The zero-order chi connectivity index (χ0) is 16.6. The number of ether oxygens (including phenoxy) is 1. The number of fused-ring (bicyclic) bond motifs is 2. The van der Waals surface area contributed by atoms with Gasteiger partial charge in [-0.15, -0.1) is 0 Å². The monoisotopic (exact) mass is 336 g/mol. The molecule has 124 valence electrons. The second kappa shape index (κ2) is 6.11. The van der Waals surface area contributed by atoms with Gasteiger partial charge in [-0.1, -0.05) is 18.5 Å². The molecule has 23 heavy (non-hydrogen) atoms. The molecule has 6 heteroatoms. The molecular weight excluding hydrogens is 316 g/mol. The van der Waals surface area contributed by atoms with Crippen molar-refractivity contribution in [3.05, 3.63) is 29.0 Å². The van der Waals surface area contributed by atoms with Crippen LogP contribution in [0.4, 0.5) is 0 Å². The summed E-state index contributed by atoms with van der Waals surface area (Å²) in [4.78, 5) is 31.4. The van der Waals surface area contributed by atoms with Crippen molar-refractivity contribution in [2.45, 2.75) is 51.6 Å². The number of amides is 1. The Morgan fingerprint density at radius 2 is 2.17 bits per heavy atom. The van der Waals surface area contributed by atoms with Crippen molar-refractivity contribution < 1.29 is 14.3 Å². The fourth-order valence-electron chi connectivity index (χ4n) is 4.14. The van der Waals surface area contributed by atoms with E-state index < -0.39 is 5.41 Å². The molecule has 2 aliphatic heterocycles. The van der Waals surface area contributed by atoms with E-state index in [4.69, 9.17) is 16.3 Å². The number of halogens is 1. The third kappa shape index (κ3) is 2.51. The van der Waals surface area contributed by atoms with Crippen LogP contribution in [0.15, 0.2) is 18.3 Å². The number of esters is 1. The maximum absolute atomic E-state index is 12.9. The lowest BCUT2D eigenvalue weighted by Gasteiger charge is -2.34.